The van der Waals surface area contributed by atoms with Crippen LogP contribution in [-0.2, 0) is 0 Å². The maximum absolute atomic E-state index is 14.0. The molecule has 4 N–H and O–H groups in total. The summed E-state index contributed by atoms with van der Waals surface area (Å²) in [6.07, 6.45) is 6.04. The van der Waals surface area contributed by atoms with Crippen LogP contribution in [0.5, 0.6) is 5.75 Å². The van der Waals surface area contributed by atoms with E-state index in [1.807, 2.05) is 0 Å². The topological polar surface area (TPSA) is 121 Å². The van der Waals surface area contributed by atoms with Gasteiger partial charge in [-0.25, -0.2) is 19.3 Å². The lowest BCUT2D eigenvalue weighted by Crippen LogP contribution is -2.42. The number of anilines is 3. The van der Waals surface area contributed by atoms with E-state index in [1.54, 1.807) is 6.07 Å². The molecule has 162 valence electrons. The highest BCUT2D eigenvalue weighted by atomic mass is 19.1. The molecule has 0 saturated heterocycles. The van der Waals surface area contributed by atoms with E-state index in [0.717, 1.165) is 19.3 Å². The number of hydrogen-bond acceptors (Lipinski definition) is 8. The second-order valence-electron chi connectivity index (χ2n) is 7.79. The van der Waals surface area contributed by atoms with Crippen molar-refractivity contribution in [3.63, 3.8) is 0 Å². The number of ether oxygens (including phenoxy) is 1. The first-order valence-corrected chi connectivity index (χ1v) is 9.80. The van der Waals surface area contributed by atoms with Crippen molar-refractivity contribution in [1.82, 2.24) is 20.3 Å². The Balaban J connectivity index is 1.75. The Kier molecular flexibility index (Phi) is 6.66. The number of halogens is 1. The first-order valence-electron chi connectivity index (χ1n) is 9.80. The van der Waals surface area contributed by atoms with Gasteiger partial charge in [-0.2, -0.15) is 0 Å². The highest BCUT2D eigenvalue weighted by Crippen LogP contribution is 2.27. The second kappa shape index (κ2) is 9.21. The van der Waals surface area contributed by atoms with Gasteiger partial charge in [0.2, 0.25) is 5.95 Å². The zero-order chi connectivity index (χ0) is 21.7. The molecule has 0 spiro atoms. The van der Waals surface area contributed by atoms with Crippen molar-refractivity contribution in [2.24, 2.45) is 0 Å². The van der Waals surface area contributed by atoms with Gasteiger partial charge < -0.3 is 25.8 Å². The fraction of sp³-hybridized carbons (Fsp3) is 0.500. The Morgan fingerprint density at radius 2 is 2.00 bits per heavy atom. The van der Waals surface area contributed by atoms with Crippen LogP contribution in [0.1, 0.15) is 43.5 Å². The molecule has 0 radical (unpaired) electrons. The maximum Gasteiger partial charge on any atom is 0.255 e. The summed E-state index contributed by atoms with van der Waals surface area (Å²) in [5.74, 6) is 0.854. The Labute approximate surface area is 174 Å². The lowest BCUT2D eigenvalue weighted by molar-refractivity contribution is -0.00177. The number of aromatic nitrogens is 3. The minimum Gasteiger partial charge on any atom is -0.494 e. The molecule has 0 bridgehead atoms. The number of amides is 1. The monoisotopic (exact) mass is 418 g/mol. The van der Waals surface area contributed by atoms with Gasteiger partial charge in [0.1, 0.15) is 12.0 Å². The quantitative estimate of drug-likeness (QED) is 0.490. The van der Waals surface area contributed by atoms with E-state index in [0.29, 0.717) is 28.8 Å². The molecule has 0 aromatic carbocycles. The van der Waals surface area contributed by atoms with E-state index >= 15 is 0 Å². The smallest absolute Gasteiger partial charge is 0.255 e. The first-order chi connectivity index (χ1) is 14.3. The number of methoxy groups -OCH3 is 1. The van der Waals surface area contributed by atoms with Crippen LogP contribution in [-0.4, -0.2) is 57.4 Å². The molecule has 0 aliphatic heterocycles. The van der Waals surface area contributed by atoms with Gasteiger partial charge in [0.25, 0.3) is 5.91 Å². The SMILES string of the molecule is COc1cnc(Nc2cc(NC3CCC3)c(C(=O)NCC(F)C(C)(C)O)cn2)nc1. The third-order valence-corrected chi connectivity index (χ3v) is 4.93. The molecule has 1 unspecified atom stereocenters. The molecule has 10 heteroatoms. The zero-order valence-electron chi connectivity index (χ0n) is 17.3. The van der Waals surface area contributed by atoms with E-state index in [1.165, 1.54) is 39.5 Å². The number of rotatable bonds is 9. The predicted octanol–water partition coefficient (Wildman–Crippen LogP) is 2.43. The van der Waals surface area contributed by atoms with Gasteiger partial charge in [-0.15, -0.1) is 0 Å². The van der Waals surface area contributed by atoms with Gasteiger partial charge in [-0.05, 0) is 33.1 Å². The van der Waals surface area contributed by atoms with Crippen LogP contribution in [0.3, 0.4) is 0 Å². The van der Waals surface area contributed by atoms with Gasteiger partial charge in [0.15, 0.2) is 5.75 Å². The minimum absolute atomic E-state index is 0.273. The molecular formula is C20H27FN6O3. The van der Waals surface area contributed by atoms with Crippen LogP contribution < -0.4 is 20.7 Å². The highest BCUT2D eigenvalue weighted by molar-refractivity contribution is 5.99. The van der Waals surface area contributed by atoms with E-state index < -0.39 is 17.7 Å². The molecule has 2 heterocycles. The van der Waals surface area contributed by atoms with Crippen molar-refractivity contribution in [2.45, 2.75) is 50.9 Å². The van der Waals surface area contributed by atoms with Gasteiger partial charge in [0.05, 0.1) is 42.9 Å². The zero-order valence-corrected chi connectivity index (χ0v) is 17.3. The van der Waals surface area contributed by atoms with Crippen molar-refractivity contribution in [3.05, 3.63) is 30.2 Å². The van der Waals surface area contributed by atoms with Gasteiger partial charge >= 0.3 is 0 Å². The fourth-order valence-electron chi connectivity index (χ4n) is 2.72. The number of nitrogens with one attached hydrogen (secondary N) is 3. The number of nitrogens with zero attached hydrogens (tertiary/aromatic N) is 3. The van der Waals surface area contributed by atoms with Crippen molar-refractivity contribution in [2.75, 3.05) is 24.3 Å². The lowest BCUT2D eigenvalue weighted by Gasteiger charge is -2.28. The molecule has 1 aliphatic rings. The Hall–Kier alpha value is -3.01. The van der Waals surface area contributed by atoms with Crippen LogP contribution in [0.15, 0.2) is 24.7 Å². The number of aliphatic hydroxyl groups is 1. The fourth-order valence-corrected chi connectivity index (χ4v) is 2.72. The summed E-state index contributed by atoms with van der Waals surface area (Å²) in [7, 11) is 1.53. The summed E-state index contributed by atoms with van der Waals surface area (Å²) in [5, 5.41) is 18.6. The normalized spacial score (nSPS) is 15.1. The van der Waals surface area contributed by atoms with Crippen LogP contribution in [0.2, 0.25) is 0 Å². The molecule has 1 fully saturated rings. The molecule has 30 heavy (non-hydrogen) atoms. The van der Waals surface area contributed by atoms with Crippen LogP contribution in [0.4, 0.5) is 21.8 Å². The van der Waals surface area contributed by atoms with Gasteiger partial charge in [0, 0.05) is 18.3 Å². The Bertz CT molecular complexity index is 868. The number of alkyl halides is 1. The second-order valence-corrected chi connectivity index (χ2v) is 7.79. The molecule has 1 amide bonds. The molecular weight excluding hydrogens is 391 g/mol. The molecule has 9 nitrogen and oxygen atoms in total. The lowest BCUT2D eigenvalue weighted by atomic mass is 9.92. The molecule has 2 aromatic heterocycles. The third-order valence-electron chi connectivity index (χ3n) is 4.93. The molecule has 2 aromatic rings. The van der Waals surface area contributed by atoms with E-state index in [-0.39, 0.29) is 12.6 Å². The van der Waals surface area contributed by atoms with Crippen molar-refractivity contribution in [3.8, 4) is 5.75 Å². The number of pyridine rings is 1. The summed E-state index contributed by atoms with van der Waals surface area (Å²) in [6.45, 7) is 2.41. The van der Waals surface area contributed by atoms with Crippen LogP contribution >= 0.6 is 0 Å². The third kappa shape index (κ3) is 5.53. The number of carbonyl (C=O) groups excluding carboxylic acids is 1. The van der Waals surface area contributed by atoms with E-state index in [9.17, 15) is 14.3 Å². The minimum atomic E-state index is -1.59. The average molecular weight is 418 g/mol. The summed E-state index contributed by atoms with van der Waals surface area (Å²) < 4.78 is 19.0. The van der Waals surface area contributed by atoms with Crippen LogP contribution in [0.25, 0.3) is 0 Å². The average Bonchev–Trinajstić information content (AvgIpc) is 2.68. The van der Waals surface area contributed by atoms with Crippen molar-refractivity contribution < 1.29 is 19.0 Å². The molecule has 3 rings (SSSR count). The van der Waals surface area contributed by atoms with Gasteiger partial charge in [-0.1, -0.05) is 0 Å². The summed E-state index contributed by atoms with van der Waals surface area (Å²) in [6, 6.07) is 1.97. The van der Waals surface area contributed by atoms with Gasteiger partial charge in [-0.3, -0.25) is 4.79 Å². The maximum atomic E-state index is 14.0. The van der Waals surface area contributed by atoms with E-state index in [2.05, 4.69) is 30.9 Å². The van der Waals surface area contributed by atoms with Crippen molar-refractivity contribution in [1.29, 1.82) is 0 Å². The van der Waals surface area contributed by atoms with Crippen LogP contribution in [0, 0.1) is 0 Å². The predicted molar refractivity (Wildman–Crippen MR) is 111 cm³/mol. The standard InChI is InChI=1S/C20H27FN6O3/c1-20(2,29)16(21)11-23-18(28)14-10-22-17(7-15(14)26-12-5-4-6-12)27-19-24-8-13(30-3)9-25-19/h7-10,12,16,29H,4-6,11H2,1-3H3,(H,23,28)(H2,22,24,25,26,27). The molecule has 1 saturated carbocycles. The largest absolute Gasteiger partial charge is 0.494 e. The van der Waals surface area contributed by atoms with E-state index in [4.69, 9.17) is 4.74 Å². The van der Waals surface area contributed by atoms with Crippen molar-refractivity contribution >= 4 is 23.4 Å². The number of hydrogen-bond donors (Lipinski definition) is 4. The first kappa shape index (κ1) is 21.7. The summed E-state index contributed by atoms with van der Waals surface area (Å²) in [5.41, 5.74) is -0.655. The molecule has 1 atom stereocenters. The summed E-state index contributed by atoms with van der Waals surface area (Å²) >= 11 is 0. The Morgan fingerprint density at radius 1 is 1.30 bits per heavy atom. The highest BCUT2D eigenvalue weighted by Gasteiger charge is 2.27. The molecule has 1 aliphatic carbocycles. The Morgan fingerprint density at radius 3 is 2.57 bits per heavy atom. The summed E-state index contributed by atoms with van der Waals surface area (Å²) in [4.78, 5) is 25.2. The number of carbonyl (C=O) groups is 1.